The van der Waals surface area contributed by atoms with Gasteiger partial charge in [-0.2, -0.15) is 0 Å². The molecule has 108 valence electrons. The minimum absolute atomic E-state index is 0.0908. The van der Waals surface area contributed by atoms with E-state index in [0.717, 1.165) is 6.20 Å². The lowest BCUT2D eigenvalue weighted by Crippen LogP contribution is -2.13. The van der Waals surface area contributed by atoms with Gasteiger partial charge in [0.1, 0.15) is 6.20 Å². The normalized spacial score (nSPS) is 10.0. The molecule has 0 fully saturated rings. The molecule has 0 aliphatic heterocycles. The fourth-order valence-electron chi connectivity index (χ4n) is 1.59. The van der Waals surface area contributed by atoms with Crippen molar-refractivity contribution in [3.05, 3.63) is 57.2 Å². The molecule has 0 saturated heterocycles. The van der Waals surface area contributed by atoms with Crippen LogP contribution >= 0.6 is 11.6 Å². The van der Waals surface area contributed by atoms with Gasteiger partial charge in [0, 0.05) is 10.6 Å². The van der Waals surface area contributed by atoms with E-state index in [2.05, 4.69) is 10.3 Å². The first-order valence-electron chi connectivity index (χ1n) is 5.76. The van der Waals surface area contributed by atoms with Gasteiger partial charge in [-0.05, 0) is 18.2 Å². The predicted octanol–water partition coefficient (Wildman–Crippen LogP) is 2.90. The van der Waals surface area contributed by atoms with Crippen LogP contribution in [0.25, 0.3) is 0 Å². The van der Waals surface area contributed by atoms with Gasteiger partial charge in [-0.3, -0.25) is 14.9 Å². The molecule has 1 amide bonds. The van der Waals surface area contributed by atoms with Crippen LogP contribution in [0.15, 0.2) is 36.5 Å². The average molecular weight is 308 g/mol. The van der Waals surface area contributed by atoms with E-state index < -0.39 is 10.8 Å². The smallest absolute Gasteiger partial charge is 0.291 e. The summed E-state index contributed by atoms with van der Waals surface area (Å²) in [7, 11) is 1.33. The van der Waals surface area contributed by atoms with Gasteiger partial charge in [0.25, 0.3) is 11.6 Å². The van der Waals surface area contributed by atoms with Gasteiger partial charge in [0.2, 0.25) is 0 Å². The molecule has 0 bridgehead atoms. The lowest BCUT2D eigenvalue weighted by Gasteiger charge is -2.08. The second-order valence-corrected chi connectivity index (χ2v) is 4.40. The van der Waals surface area contributed by atoms with Gasteiger partial charge in [-0.25, -0.2) is 4.98 Å². The third-order valence-electron chi connectivity index (χ3n) is 2.59. The third kappa shape index (κ3) is 3.46. The van der Waals surface area contributed by atoms with E-state index in [9.17, 15) is 14.9 Å². The first kappa shape index (κ1) is 14.7. The number of hydrogen-bond donors (Lipinski definition) is 1. The van der Waals surface area contributed by atoms with Crippen molar-refractivity contribution in [2.45, 2.75) is 0 Å². The van der Waals surface area contributed by atoms with E-state index >= 15 is 0 Å². The maximum Gasteiger partial charge on any atom is 0.291 e. The summed E-state index contributed by atoms with van der Waals surface area (Å²) in [5, 5.41) is 13.6. The maximum atomic E-state index is 12.1. The summed E-state index contributed by atoms with van der Waals surface area (Å²) in [6.45, 7) is 0. The summed E-state index contributed by atoms with van der Waals surface area (Å²) in [5.74, 6) is -0.259. The van der Waals surface area contributed by atoms with Crippen LogP contribution in [0.3, 0.4) is 0 Å². The minimum Gasteiger partial charge on any atom is -0.493 e. The van der Waals surface area contributed by atoms with Crippen molar-refractivity contribution < 1.29 is 14.5 Å². The van der Waals surface area contributed by atoms with Crippen LogP contribution in [0.4, 0.5) is 11.5 Å². The molecule has 1 aromatic carbocycles. The number of ether oxygens (including phenoxy) is 1. The number of methoxy groups -OCH3 is 1. The standard InChI is InChI=1S/C13H10ClN3O4/c1-21-11-6-10(17(19)20)7-15-12(11)16-13(18)8-3-2-4-9(14)5-8/h2-7H,1H3,(H,15,16,18). The quantitative estimate of drug-likeness (QED) is 0.692. The van der Waals surface area contributed by atoms with E-state index in [-0.39, 0.29) is 17.3 Å². The van der Waals surface area contributed by atoms with Crippen LogP contribution in [0.2, 0.25) is 5.02 Å². The molecule has 1 aromatic heterocycles. The Balaban J connectivity index is 2.27. The average Bonchev–Trinajstić information content (AvgIpc) is 2.47. The molecule has 0 aliphatic carbocycles. The topological polar surface area (TPSA) is 94.4 Å². The molecule has 0 aliphatic rings. The second-order valence-electron chi connectivity index (χ2n) is 3.97. The first-order chi connectivity index (χ1) is 10.0. The molecule has 0 spiro atoms. The number of nitrogens with one attached hydrogen (secondary N) is 1. The number of nitro groups is 1. The van der Waals surface area contributed by atoms with Crippen molar-refractivity contribution in [1.29, 1.82) is 0 Å². The minimum atomic E-state index is -0.599. The van der Waals surface area contributed by atoms with Gasteiger partial charge in [-0.15, -0.1) is 0 Å². The van der Waals surface area contributed by atoms with Crippen molar-refractivity contribution in [1.82, 2.24) is 4.98 Å². The predicted molar refractivity (Wildman–Crippen MR) is 76.8 cm³/mol. The van der Waals surface area contributed by atoms with Gasteiger partial charge >= 0.3 is 0 Å². The molecular weight excluding hydrogens is 298 g/mol. The van der Waals surface area contributed by atoms with Gasteiger partial charge in [0.05, 0.1) is 18.1 Å². The summed E-state index contributed by atoms with van der Waals surface area (Å²) in [6, 6.07) is 7.54. The summed E-state index contributed by atoms with van der Waals surface area (Å²) >= 11 is 5.81. The summed E-state index contributed by atoms with van der Waals surface area (Å²) in [4.78, 5) is 26.0. The molecule has 8 heteroatoms. The van der Waals surface area contributed by atoms with Crippen LogP contribution in [-0.2, 0) is 0 Å². The zero-order chi connectivity index (χ0) is 15.4. The van der Waals surface area contributed by atoms with Crippen LogP contribution in [0, 0.1) is 10.1 Å². The molecule has 0 saturated carbocycles. The highest BCUT2D eigenvalue weighted by Gasteiger charge is 2.15. The van der Waals surface area contributed by atoms with Gasteiger partial charge < -0.3 is 10.1 Å². The zero-order valence-corrected chi connectivity index (χ0v) is 11.6. The molecule has 21 heavy (non-hydrogen) atoms. The third-order valence-corrected chi connectivity index (χ3v) is 2.82. The molecular formula is C13H10ClN3O4. The fraction of sp³-hybridized carbons (Fsp3) is 0.0769. The Morgan fingerprint density at radius 2 is 2.19 bits per heavy atom. The SMILES string of the molecule is COc1cc([N+](=O)[O-])cnc1NC(=O)c1cccc(Cl)c1. The van der Waals surface area contributed by atoms with E-state index in [1.54, 1.807) is 18.2 Å². The number of aromatic nitrogens is 1. The van der Waals surface area contributed by atoms with E-state index in [0.29, 0.717) is 10.6 Å². The molecule has 0 radical (unpaired) electrons. The number of carbonyl (C=O) groups is 1. The molecule has 7 nitrogen and oxygen atoms in total. The maximum absolute atomic E-state index is 12.1. The van der Waals surface area contributed by atoms with Crippen LogP contribution in [-0.4, -0.2) is 22.9 Å². The lowest BCUT2D eigenvalue weighted by molar-refractivity contribution is -0.385. The number of pyridine rings is 1. The number of amides is 1. The Morgan fingerprint density at radius 1 is 1.43 bits per heavy atom. The Kier molecular flexibility index (Phi) is 4.34. The van der Waals surface area contributed by atoms with Crippen LogP contribution in [0.1, 0.15) is 10.4 Å². The van der Waals surface area contributed by atoms with Crippen molar-refractivity contribution in [3.63, 3.8) is 0 Å². The molecule has 1 N–H and O–H groups in total. The molecule has 2 aromatic rings. The second kappa shape index (κ2) is 6.19. The van der Waals surface area contributed by atoms with Crippen LogP contribution < -0.4 is 10.1 Å². The van der Waals surface area contributed by atoms with Crippen molar-refractivity contribution in [2.24, 2.45) is 0 Å². The summed E-state index contributed by atoms with van der Waals surface area (Å²) < 4.78 is 4.99. The summed E-state index contributed by atoms with van der Waals surface area (Å²) in [5.41, 5.74) is 0.109. The number of halogens is 1. The number of hydrogen-bond acceptors (Lipinski definition) is 5. The summed E-state index contributed by atoms with van der Waals surface area (Å²) in [6.07, 6.45) is 1.04. The molecule has 0 atom stereocenters. The Labute approximate surface area is 124 Å². The van der Waals surface area contributed by atoms with E-state index in [4.69, 9.17) is 16.3 Å². The van der Waals surface area contributed by atoms with E-state index in [1.165, 1.54) is 19.2 Å². The first-order valence-corrected chi connectivity index (χ1v) is 6.14. The number of benzene rings is 1. The highest BCUT2D eigenvalue weighted by Crippen LogP contribution is 2.26. The van der Waals surface area contributed by atoms with E-state index in [1.807, 2.05) is 0 Å². The number of anilines is 1. The van der Waals surface area contributed by atoms with Crippen molar-refractivity contribution >= 4 is 29.0 Å². The zero-order valence-electron chi connectivity index (χ0n) is 10.9. The van der Waals surface area contributed by atoms with Crippen molar-refractivity contribution in [3.8, 4) is 5.75 Å². The molecule has 2 rings (SSSR count). The highest BCUT2D eigenvalue weighted by molar-refractivity contribution is 6.31. The number of carbonyl (C=O) groups excluding carboxylic acids is 1. The van der Waals surface area contributed by atoms with Gasteiger partial charge in [-0.1, -0.05) is 17.7 Å². The molecule has 0 unspecified atom stereocenters. The monoisotopic (exact) mass is 307 g/mol. The Morgan fingerprint density at radius 3 is 2.81 bits per heavy atom. The van der Waals surface area contributed by atoms with Crippen molar-refractivity contribution in [2.75, 3.05) is 12.4 Å². The largest absolute Gasteiger partial charge is 0.493 e. The molecule has 1 heterocycles. The Bertz CT molecular complexity index is 706. The number of nitrogens with zero attached hydrogens (tertiary/aromatic N) is 2. The lowest BCUT2D eigenvalue weighted by atomic mass is 10.2. The Hall–Kier alpha value is -2.67. The number of rotatable bonds is 4. The fourth-order valence-corrected chi connectivity index (χ4v) is 1.78. The van der Waals surface area contributed by atoms with Gasteiger partial charge in [0.15, 0.2) is 11.6 Å². The highest BCUT2D eigenvalue weighted by atomic mass is 35.5. The van der Waals surface area contributed by atoms with Crippen LogP contribution in [0.5, 0.6) is 5.75 Å².